The number of alkyl halides is 1. The predicted octanol–water partition coefficient (Wildman–Crippen LogP) is 3.45. The van der Waals surface area contributed by atoms with E-state index >= 15 is 4.39 Å². The fourth-order valence-electron chi connectivity index (χ4n) is 4.78. The van der Waals surface area contributed by atoms with Gasteiger partial charge in [0.25, 0.3) is 0 Å². The fourth-order valence-corrected chi connectivity index (χ4v) is 4.78. The highest BCUT2D eigenvalue weighted by molar-refractivity contribution is 5.79. The summed E-state index contributed by atoms with van der Waals surface area (Å²) >= 11 is 0. The molecule has 1 unspecified atom stereocenters. The molecular formula is C27H29F2N9O3. The molecule has 0 bridgehead atoms. The van der Waals surface area contributed by atoms with Gasteiger partial charge in [-0.2, -0.15) is 14.8 Å². The molecule has 12 nitrogen and oxygen atoms in total. The van der Waals surface area contributed by atoms with Crippen LogP contribution in [-0.4, -0.2) is 64.7 Å². The van der Waals surface area contributed by atoms with E-state index in [4.69, 9.17) is 10.5 Å². The monoisotopic (exact) mass is 565 g/mol. The Morgan fingerprint density at radius 1 is 1.34 bits per heavy atom. The molecule has 0 saturated heterocycles. The molecule has 4 heterocycles. The number of hydrogen-bond donors (Lipinski definition) is 3. The van der Waals surface area contributed by atoms with Crippen LogP contribution in [0.3, 0.4) is 0 Å². The van der Waals surface area contributed by atoms with Crippen LogP contribution >= 0.6 is 0 Å². The number of aromatic nitrogens is 6. The fraction of sp³-hybridized carbons (Fsp3) is 0.407. The number of nitriles is 1. The Balaban J connectivity index is 1.48. The van der Waals surface area contributed by atoms with Gasteiger partial charge in [-0.15, -0.1) is 5.10 Å². The maximum absolute atomic E-state index is 15.5. The standard InChI is InChI=1S/C27H29F2N9O3/c1-14(41-26(31)39)16-7-17(8-16)34-20-9-21(22-5-4-18-6-15(10-30)11-33-38(18)22)32-12-19(20)24-25(29)37(36-35-24)13-23(28)27(2,3)40/h4-6,9,11-12,14,16-17,23,40H,7-8,13H2,1-3H3,(H2,31,39)(H,32,34)/t14?,16?,17?,23-/m1/s1. The average Bonchev–Trinajstić information content (AvgIpc) is 3.47. The van der Waals surface area contributed by atoms with Gasteiger partial charge in [-0.1, -0.05) is 5.21 Å². The smallest absolute Gasteiger partial charge is 0.404 e. The molecule has 214 valence electrons. The van der Waals surface area contributed by atoms with Gasteiger partial charge < -0.3 is 20.9 Å². The van der Waals surface area contributed by atoms with E-state index in [1.807, 2.05) is 12.1 Å². The van der Waals surface area contributed by atoms with Crippen LogP contribution in [0.25, 0.3) is 28.2 Å². The minimum Gasteiger partial charge on any atom is -0.446 e. The van der Waals surface area contributed by atoms with Crippen molar-refractivity contribution >= 4 is 17.3 Å². The molecule has 1 aliphatic rings. The molecular weight excluding hydrogens is 536 g/mol. The third kappa shape index (κ3) is 5.66. The third-order valence-electron chi connectivity index (χ3n) is 7.33. The summed E-state index contributed by atoms with van der Waals surface area (Å²) in [5.74, 6) is -0.776. The molecule has 2 atom stereocenters. The Morgan fingerprint density at radius 2 is 2.10 bits per heavy atom. The summed E-state index contributed by atoms with van der Waals surface area (Å²) < 4.78 is 37.4. The van der Waals surface area contributed by atoms with Crippen molar-refractivity contribution in [3.63, 3.8) is 0 Å². The minimum absolute atomic E-state index is 0.0307. The number of nitrogens with two attached hydrogens (primary N) is 1. The Hall–Kier alpha value is -4.64. The van der Waals surface area contributed by atoms with E-state index in [2.05, 4.69) is 31.8 Å². The summed E-state index contributed by atoms with van der Waals surface area (Å²) in [5, 5.41) is 34.6. The van der Waals surface area contributed by atoms with Crippen LogP contribution in [0.1, 0.15) is 39.2 Å². The Bertz CT molecular complexity index is 1630. The Labute approximate surface area is 233 Å². The summed E-state index contributed by atoms with van der Waals surface area (Å²) in [7, 11) is 0. The van der Waals surface area contributed by atoms with Crippen molar-refractivity contribution in [1.29, 1.82) is 5.26 Å². The van der Waals surface area contributed by atoms with E-state index < -0.39 is 30.4 Å². The molecule has 0 radical (unpaired) electrons. The summed E-state index contributed by atoms with van der Waals surface area (Å²) in [5.41, 5.74) is 6.43. The van der Waals surface area contributed by atoms with E-state index in [-0.39, 0.29) is 23.8 Å². The summed E-state index contributed by atoms with van der Waals surface area (Å²) in [6.45, 7) is 3.84. The number of fused-ring (bicyclic) bond motifs is 1. The highest BCUT2D eigenvalue weighted by Crippen LogP contribution is 2.38. The van der Waals surface area contributed by atoms with Crippen molar-refractivity contribution in [1.82, 2.24) is 29.6 Å². The van der Waals surface area contributed by atoms with Gasteiger partial charge in [-0.25, -0.2) is 18.4 Å². The van der Waals surface area contributed by atoms with Crippen molar-refractivity contribution in [3.8, 4) is 28.7 Å². The van der Waals surface area contributed by atoms with Crippen LogP contribution in [0.15, 0.2) is 36.7 Å². The lowest BCUT2D eigenvalue weighted by molar-refractivity contribution is -0.0133. The van der Waals surface area contributed by atoms with Crippen molar-refractivity contribution in [2.75, 3.05) is 5.32 Å². The van der Waals surface area contributed by atoms with Gasteiger partial charge in [0.15, 0.2) is 5.69 Å². The van der Waals surface area contributed by atoms with E-state index in [1.54, 1.807) is 23.6 Å². The Morgan fingerprint density at radius 3 is 2.78 bits per heavy atom. The largest absolute Gasteiger partial charge is 0.446 e. The normalized spacial score (nSPS) is 18.4. The zero-order chi connectivity index (χ0) is 29.5. The van der Waals surface area contributed by atoms with Gasteiger partial charge in [0, 0.05) is 23.5 Å². The van der Waals surface area contributed by atoms with Crippen molar-refractivity contribution in [2.24, 2.45) is 11.7 Å². The van der Waals surface area contributed by atoms with E-state index in [9.17, 15) is 19.6 Å². The number of nitrogens with one attached hydrogen (secondary N) is 1. The highest BCUT2D eigenvalue weighted by Gasteiger charge is 2.36. The molecule has 1 aliphatic carbocycles. The first-order valence-electron chi connectivity index (χ1n) is 13.0. The van der Waals surface area contributed by atoms with Gasteiger partial charge >= 0.3 is 6.09 Å². The molecule has 1 saturated carbocycles. The number of halogens is 2. The average molecular weight is 566 g/mol. The lowest BCUT2D eigenvalue weighted by atomic mass is 9.77. The lowest BCUT2D eigenvalue weighted by Crippen LogP contribution is -2.42. The molecule has 0 aromatic carbocycles. The number of rotatable bonds is 9. The maximum atomic E-state index is 15.5. The molecule has 4 aromatic rings. The molecule has 0 aliphatic heterocycles. The molecule has 5 rings (SSSR count). The number of ether oxygens (including phenoxy) is 1. The number of primary amides is 1. The van der Waals surface area contributed by atoms with E-state index in [0.717, 1.165) is 4.68 Å². The van der Waals surface area contributed by atoms with Gasteiger partial charge in [0.05, 0.1) is 40.8 Å². The van der Waals surface area contributed by atoms with Crippen LogP contribution in [0.2, 0.25) is 0 Å². The SMILES string of the molecule is CC(OC(N)=O)C1CC(Nc2cc(-c3ccc4cc(C#N)cnn34)ncc2-c2nnn(C[C@@H](F)C(C)(C)O)c2F)C1. The topological polar surface area (TPSA) is 169 Å². The molecule has 4 N–H and O–H groups in total. The first-order chi connectivity index (χ1) is 19.4. The highest BCUT2D eigenvalue weighted by atomic mass is 19.1. The number of carbonyl (C=O) groups is 1. The van der Waals surface area contributed by atoms with Crippen LogP contribution in [0.4, 0.5) is 19.3 Å². The lowest BCUT2D eigenvalue weighted by Gasteiger charge is -2.39. The van der Waals surface area contributed by atoms with Crippen LogP contribution < -0.4 is 11.1 Å². The van der Waals surface area contributed by atoms with Gasteiger partial charge in [-0.05, 0) is 63.8 Å². The second kappa shape index (κ2) is 10.7. The molecule has 14 heteroatoms. The number of hydrogen-bond acceptors (Lipinski definition) is 9. The number of anilines is 1. The minimum atomic E-state index is -1.78. The van der Waals surface area contributed by atoms with Crippen LogP contribution in [-0.2, 0) is 11.3 Å². The number of nitrogens with zero attached hydrogens (tertiary/aromatic N) is 7. The molecule has 1 fully saturated rings. The summed E-state index contributed by atoms with van der Waals surface area (Å²) in [6.07, 6.45) is 1.28. The van der Waals surface area contributed by atoms with E-state index in [0.29, 0.717) is 46.6 Å². The maximum Gasteiger partial charge on any atom is 0.404 e. The number of amides is 1. The quantitative estimate of drug-likeness (QED) is 0.275. The molecule has 4 aromatic heterocycles. The second-order valence-corrected chi connectivity index (χ2v) is 10.8. The second-order valence-electron chi connectivity index (χ2n) is 10.8. The van der Waals surface area contributed by atoms with Crippen LogP contribution in [0, 0.1) is 23.2 Å². The predicted molar refractivity (Wildman–Crippen MR) is 144 cm³/mol. The first kappa shape index (κ1) is 27.9. The Kier molecular flexibility index (Phi) is 7.31. The van der Waals surface area contributed by atoms with Gasteiger partial charge in [-0.3, -0.25) is 4.98 Å². The van der Waals surface area contributed by atoms with E-state index in [1.165, 1.54) is 26.2 Å². The third-order valence-corrected chi connectivity index (χ3v) is 7.33. The molecule has 1 amide bonds. The van der Waals surface area contributed by atoms with Crippen molar-refractivity contribution < 1.29 is 23.4 Å². The van der Waals surface area contributed by atoms with Crippen LogP contribution in [0.5, 0.6) is 0 Å². The van der Waals surface area contributed by atoms with Gasteiger partial charge in [0.1, 0.15) is 18.3 Å². The molecule has 0 spiro atoms. The number of aliphatic hydroxyl groups is 1. The molecule has 41 heavy (non-hydrogen) atoms. The van der Waals surface area contributed by atoms with Gasteiger partial charge in [0.2, 0.25) is 5.95 Å². The number of pyridine rings is 1. The van der Waals surface area contributed by atoms with Crippen molar-refractivity contribution in [3.05, 3.63) is 48.2 Å². The first-order valence-corrected chi connectivity index (χ1v) is 13.0. The summed E-state index contributed by atoms with van der Waals surface area (Å²) in [6, 6.07) is 9.09. The zero-order valence-corrected chi connectivity index (χ0v) is 22.6. The zero-order valence-electron chi connectivity index (χ0n) is 22.6. The number of carbonyl (C=O) groups excluding carboxylic acids is 1. The van der Waals surface area contributed by atoms with Crippen molar-refractivity contribution in [2.45, 2.75) is 64.1 Å². The summed E-state index contributed by atoms with van der Waals surface area (Å²) in [4.78, 5) is 15.7.